The molecule has 1 aliphatic carbocycles. The quantitative estimate of drug-likeness (QED) is 0.649. The molecule has 7 nitrogen and oxygen atoms in total. The predicted molar refractivity (Wildman–Crippen MR) is 91.7 cm³/mol. The van der Waals surface area contributed by atoms with Crippen LogP contribution in [0.1, 0.15) is 29.6 Å². The smallest absolute Gasteiger partial charge is 0.281 e. The summed E-state index contributed by atoms with van der Waals surface area (Å²) < 4.78 is 1.22. The first-order valence-corrected chi connectivity index (χ1v) is 8.35. The number of nitrogens with zero attached hydrogens (tertiary/aromatic N) is 3. The standard InChI is InChI=1S/C15H19N5O2S/c1-8-4-5-10-11(6-8)23-14-13(10)15(22)20(9(2)18-14)19-12(21)7-17-16-3/h8,17H,3-7H2,1-2H3,(H,19,21). The molecule has 0 radical (unpaired) electrons. The molecule has 1 aliphatic rings. The van der Waals surface area contributed by atoms with Crippen molar-refractivity contribution in [1.29, 1.82) is 0 Å². The summed E-state index contributed by atoms with van der Waals surface area (Å²) in [5.41, 5.74) is 5.93. The molecule has 23 heavy (non-hydrogen) atoms. The number of aryl methyl sites for hydroxylation is 2. The third-order valence-corrected chi connectivity index (χ3v) is 5.23. The number of hydrogen-bond donors (Lipinski definition) is 2. The van der Waals surface area contributed by atoms with Crippen molar-refractivity contribution in [3.8, 4) is 0 Å². The van der Waals surface area contributed by atoms with Crippen molar-refractivity contribution in [1.82, 2.24) is 15.1 Å². The summed E-state index contributed by atoms with van der Waals surface area (Å²) in [6, 6.07) is 0. The average Bonchev–Trinajstić information content (AvgIpc) is 2.86. The first-order chi connectivity index (χ1) is 11.0. The van der Waals surface area contributed by atoms with Gasteiger partial charge in [-0.15, -0.1) is 11.3 Å². The molecular formula is C15H19N5O2S. The average molecular weight is 333 g/mol. The normalized spacial score (nSPS) is 16.9. The topological polar surface area (TPSA) is 88.4 Å². The minimum atomic E-state index is -0.374. The first-order valence-electron chi connectivity index (χ1n) is 7.53. The van der Waals surface area contributed by atoms with Crippen LogP contribution in [0.25, 0.3) is 10.2 Å². The highest BCUT2D eigenvalue weighted by atomic mass is 32.1. The Morgan fingerprint density at radius 3 is 3.09 bits per heavy atom. The molecule has 1 amide bonds. The van der Waals surface area contributed by atoms with E-state index in [0.717, 1.165) is 29.7 Å². The predicted octanol–water partition coefficient (Wildman–Crippen LogP) is 1.17. The zero-order valence-corrected chi connectivity index (χ0v) is 14.0. The molecule has 0 fully saturated rings. The SMILES string of the molecule is C=NNCC(=O)Nn1c(C)nc2sc3c(c2c1=O)CCC(C)C3. The third-order valence-electron chi connectivity index (χ3n) is 4.08. The molecule has 0 saturated heterocycles. The molecule has 0 spiro atoms. The highest BCUT2D eigenvalue weighted by molar-refractivity contribution is 7.18. The Morgan fingerprint density at radius 1 is 1.57 bits per heavy atom. The van der Waals surface area contributed by atoms with Gasteiger partial charge in [-0.3, -0.25) is 15.0 Å². The van der Waals surface area contributed by atoms with Crippen LogP contribution in [0.2, 0.25) is 0 Å². The zero-order valence-electron chi connectivity index (χ0n) is 13.2. The molecule has 2 N–H and O–H groups in total. The summed E-state index contributed by atoms with van der Waals surface area (Å²) in [6.45, 7) is 7.13. The number of hydrazone groups is 1. The number of carbonyl (C=O) groups excluding carboxylic acids is 1. The molecule has 3 rings (SSSR count). The molecule has 0 bridgehead atoms. The van der Waals surface area contributed by atoms with Crippen LogP contribution >= 0.6 is 11.3 Å². The van der Waals surface area contributed by atoms with Crippen LogP contribution in [0.15, 0.2) is 9.90 Å². The lowest BCUT2D eigenvalue weighted by Gasteiger charge is -2.17. The van der Waals surface area contributed by atoms with Crippen LogP contribution in [0.3, 0.4) is 0 Å². The molecule has 0 saturated carbocycles. The van der Waals surface area contributed by atoms with Crippen molar-refractivity contribution in [2.24, 2.45) is 11.0 Å². The van der Waals surface area contributed by atoms with E-state index >= 15 is 0 Å². The van der Waals surface area contributed by atoms with Crippen LogP contribution in [-0.2, 0) is 17.6 Å². The minimum Gasteiger partial charge on any atom is -0.301 e. The summed E-state index contributed by atoms with van der Waals surface area (Å²) in [5, 5.41) is 4.06. The summed E-state index contributed by atoms with van der Waals surface area (Å²) in [4.78, 5) is 31.2. The maximum absolute atomic E-state index is 12.8. The Balaban J connectivity index is 2.05. The third kappa shape index (κ3) is 2.86. The lowest BCUT2D eigenvalue weighted by molar-refractivity contribution is -0.116. The second-order valence-electron chi connectivity index (χ2n) is 5.86. The number of aromatic nitrogens is 2. The van der Waals surface area contributed by atoms with E-state index in [1.165, 1.54) is 9.55 Å². The summed E-state index contributed by atoms with van der Waals surface area (Å²) in [7, 11) is 0. The van der Waals surface area contributed by atoms with Gasteiger partial charge in [0.1, 0.15) is 17.2 Å². The van der Waals surface area contributed by atoms with E-state index in [1.807, 2.05) is 0 Å². The Hall–Kier alpha value is -2.22. The van der Waals surface area contributed by atoms with Gasteiger partial charge in [-0.05, 0) is 37.7 Å². The molecule has 2 heterocycles. The number of fused-ring (bicyclic) bond motifs is 3. The Kier molecular flexibility index (Phi) is 4.16. The summed E-state index contributed by atoms with van der Waals surface area (Å²) >= 11 is 1.60. The number of amides is 1. The fourth-order valence-electron chi connectivity index (χ4n) is 2.92. The largest absolute Gasteiger partial charge is 0.301 e. The van der Waals surface area contributed by atoms with E-state index < -0.39 is 0 Å². The van der Waals surface area contributed by atoms with Crippen LogP contribution < -0.4 is 16.4 Å². The van der Waals surface area contributed by atoms with Crippen LogP contribution in [-0.4, -0.2) is 28.8 Å². The molecule has 8 heteroatoms. The summed E-state index contributed by atoms with van der Waals surface area (Å²) in [6.07, 6.45) is 2.97. The number of nitrogens with one attached hydrogen (secondary N) is 2. The molecule has 1 atom stereocenters. The lowest BCUT2D eigenvalue weighted by Crippen LogP contribution is -2.38. The Bertz CT molecular complexity index is 838. The van der Waals surface area contributed by atoms with Gasteiger partial charge in [0.15, 0.2) is 0 Å². The highest BCUT2D eigenvalue weighted by Crippen LogP contribution is 2.35. The summed E-state index contributed by atoms with van der Waals surface area (Å²) in [5.74, 6) is 0.728. The molecule has 0 aromatic carbocycles. The van der Waals surface area contributed by atoms with Crippen LogP contribution in [0.4, 0.5) is 0 Å². The number of rotatable bonds is 4. The monoisotopic (exact) mass is 333 g/mol. The van der Waals surface area contributed by atoms with Gasteiger partial charge in [0.2, 0.25) is 0 Å². The van der Waals surface area contributed by atoms with Crippen LogP contribution in [0.5, 0.6) is 0 Å². The van der Waals surface area contributed by atoms with Crippen molar-refractivity contribution in [3.05, 3.63) is 26.6 Å². The van der Waals surface area contributed by atoms with Gasteiger partial charge in [-0.2, -0.15) is 5.10 Å². The van der Waals surface area contributed by atoms with Gasteiger partial charge < -0.3 is 5.43 Å². The second kappa shape index (κ2) is 6.11. The van der Waals surface area contributed by atoms with Crippen molar-refractivity contribution in [3.63, 3.8) is 0 Å². The van der Waals surface area contributed by atoms with Gasteiger partial charge in [0.25, 0.3) is 11.5 Å². The minimum absolute atomic E-state index is 0.0489. The Morgan fingerprint density at radius 2 is 2.35 bits per heavy atom. The Labute approximate surface area is 137 Å². The van der Waals surface area contributed by atoms with Gasteiger partial charge in [0.05, 0.1) is 5.39 Å². The lowest BCUT2D eigenvalue weighted by atomic mass is 9.89. The fraction of sp³-hybridized carbons (Fsp3) is 0.467. The number of thiophene rings is 1. The van der Waals surface area contributed by atoms with Gasteiger partial charge >= 0.3 is 0 Å². The zero-order chi connectivity index (χ0) is 16.6. The van der Waals surface area contributed by atoms with Crippen molar-refractivity contribution >= 4 is 34.2 Å². The van der Waals surface area contributed by atoms with Gasteiger partial charge in [-0.1, -0.05) is 6.92 Å². The van der Waals surface area contributed by atoms with Gasteiger partial charge in [0, 0.05) is 11.6 Å². The maximum Gasteiger partial charge on any atom is 0.281 e. The second-order valence-corrected chi connectivity index (χ2v) is 6.94. The van der Waals surface area contributed by atoms with Gasteiger partial charge in [-0.25, -0.2) is 9.66 Å². The maximum atomic E-state index is 12.8. The van der Waals surface area contributed by atoms with E-state index in [-0.39, 0.29) is 18.0 Å². The molecule has 0 aliphatic heterocycles. The van der Waals surface area contributed by atoms with Crippen molar-refractivity contribution in [2.45, 2.75) is 33.1 Å². The van der Waals surface area contributed by atoms with Crippen molar-refractivity contribution < 1.29 is 4.79 Å². The fourth-order valence-corrected chi connectivity index (χ4v) is 4.33. The highest BCUT2D eigenvalue weighted by Gasteiger charge is 2.24. The van der Waals surface area contributed by atoms with E-state index in [0.29, 0.717) is 17.1 Å². The van der Waals surface area contributed by atoms with E-state index in [1.54, 1.807) is 18.3 Å². The van der Waals surface area contributed by atoms with Crippen molar-refractivity contribution in [2.75, 3.05) is 12.0 Å². The first kappa shape index (κ1) is 15.7. The molecule has 122 valence electrons. The van der Waals surface area contributed by atoms with Crippen LogP contribution in [0, 0.1) is 12.8 Å². The van der Waals surface area contributed by atoms with E-state index in [9.17, 15) is 9.59 Å². The molecule has 2 aromatic heterocycles. The number of hydrogen-bond acceptors (Lipinski definition) is 6. The molecule has 2 aromatic rings. The molecule has 1 unspecified atom stereocenters. The van der Waals surface area contributed by atoms with E-state index in [4.69, 9.17) is 0 Å². The molecular weight excluding hydrogens is 314 g/mol. The van der Waals surface area contributed by atoms with E-state index in [2.05, 4.69) is 34.6 Å². The number of carbonyl (C=O) groups is 1.